The maximum atomic E-state index is 12.4. The van der Waals surface area contributed by atoms with Crippen molar-refractivity contribution in [3.8, 4) is 0 Å². The third-order valence-electron chi connectivity index (χ3n) is 5.66. The van der Waals surface area contributed by atoms with Crippen molar-refractivity contribution in [2.75, 3.05) is 13.1 Å². The average molecular weight is 373 g/mol. The quantitative estimate of drug-likeness (QED) is 0.546. The number of rotatable bonds is 5. The first kappa shape index (κ1) is 19.8. The van der Waals surface area contributed by atoms with Crippen molar-refractivity contribution in [2.45, 2.75) is 71.3 Å². The first-order valence-corrected chi connectivity index (χ1v) is 10.2. The van der Waals surface area contributed by atoms with Crippen LogP contribution in [0, 0.1) is 5.41 Å². The van der Waals surface area contributed by atoms with Crippen molar-refractivity contribution in [2.24, 2.45) is 5.41 Å². The Morgan fingerprint density at radius 3 is 2.52 bits per heavy atom. The normalized spacial score (nSPS) is 20.0. The maximum Gasteiger partial charge on any atom is 0.261 e. The molecule has 1 fully saturated rings. The van der Waals surface area contributed by atoms with Gasteiger partial charge in [0.1, 0.15) is 5.56 Å². The monoisotopic (exact) mass is 373 g/mol. The molecule has 1 heterocycles. The lowest BCUT2D eigenvalue weighted by molar-refractivity contribution is 0.0910. The molecule has 3 rings (SSSR count). The van der Waals surface area contributed by atoms with E-state index in [1.54, 1.807) is 0 Å². The Morgan fingerprint density at radius 1 is 1.11 bits per heavy atom. The van der Waals surface area contributed by atoms with Gasteiger partial charge < -0.3 is 15.6 Å². The van der Waals surface area contributed by atoms with Crippen LogP contribution in [0.25, 0.3) is 0 Å². The Labute approximate surface area is 160 Å². The number of aromatic nitrogens is 1. The number of amides is 1. The predicted molar refractivity (Wildman–Crippen MR) is 105 cm³/mol. The molecular weight excluding hydrogens is 342 g/mol. The number of aromatic amines is 1. The van der Waals surface area contributed by atoms with E-state index < -0.39 is 11.5 Å². The zero-order chi connectivity index (χ0) is 19.4. The van der Waals surface area contributed by atoms with E-state index >= 15 is 0 Å². The van der Waals surface area contributed by atoms with Crippen LogP contribution in [0.4, 0.5) is 0 Å². The highest BCUT2D eigenvalue weighted by Crippen LogP contribution is 2.33. The number of hydrogen-bond acceptors (Lipinski definition) is 4. The van der Waals surface area contributed by atoms with E-state index in [-0.39, 0.29) is 16.8 Å². The number of Topliss-reactive ketones (excluding diaryl/α,β-unsaturated/α-hetero) is 1. The van der Waals surface area contributed by atoms with Crippen molar-refractivity contribution in [1.29, 1.82) is 0 Å². The second-order valence-electron chi connectivity index (χ2n) is 8.74. The van der Waals surface area contributed by atoms with Gasteiger partial charge in [0.15, 0.2) is 5.78 Å². The van der Waals surface area contributed by atoms with Crippen molar-refractivity contribution in [3.05, 3.63) is 33.2 Å². The number of carbonyl (C=O) groups is 2. The second-order valence-corrected chi connectivity index (χ2v) is 8.74. The molecule has 3 N–H and O–H groups in total. The highest BCUT2D eigenvalue weighted by atomic mass is 16.2. The predicted octanol–water partition coefficient (Wildman–Crippen LogP) is 2.57. The third-order valence-corrected chi connectivity index (χ3v) is 5.66. The molecule has 148 valence electrons. The van der Waals surface area contributed by atoms with Crippen molar-refractivity contribution in [1.82, 2.24) is 15.6 Å². The van der Waals surface area contributed by atoms with Gasteiger partial charge in [-0.15, -0.1) is 0 Å². The van der Waals surface area contributed by atoms with Gasteiger partial charge in [-0.1, -0.05) is 39.5 Å². The maximum absolute atomic E-state index is 12.4. The minimum atomic E-state index is -0.423. The van der Waals surface area contributed by atoms with E-state index in [9.17, 15) is 14.4 Å². The van der Waals surface area contributed by atoms with Gasteiger partial charge in [0.05, 0.1) is 0 Å². The van der Waals surface area contributed by atoms with Gasteiger partial charge in [-0.3, -0.25) is 14.4 Å². The lowest BCUT2D eigenvalue weighted by Crippen LogP contribution is -2.39. The van der Waals surface area contributed by atoms with Gasteiger partial charge in [0, 0.05) is 36.8 Å². The molecule has 27 heavy (non-hydrogen) atoms. The van der Waals surface area contributed by atoms with Crippen molar-refractivity contribution in [3.63, 3.8) is 0 Å². The van der Waals surface area contributed by atoms with Crippen molar-refractivity contribution >= 4 is 11.7 Å². The summed E-state index contributed by atoms with van der Waals surface area (Å²) >= 11 is 0. The number of carbonyl (C=O) groups excluding carboxylic acids is 2. The highest BCUT2D eigenvalue weighted by molar-refractivity contribution is 6.02. The third kappa shape index (κ3) is 5.06. The molecule has 0 spiro atoms. The minimum Gasteiger partial charge on any atom is -0.351 e. The summed E-state index contributed by atoms with van der Waals surface area (Å²) < 4.78 is 0. The lowest BCUT2D eigenvalue weighted by atomic mass is 9.75. The fourth-order valence-electron chi connectivity index (χ4n) is 4.23. The van der Waals surface area contributed by atoms with Crippen LogP contribution >= 0.6 is 0 Å². The molecule has 0 aliphatic heterocycles. The number of pyridine rings is 1. The molecule has 6 heteroatoms. The van der Waals surface area contributed by atoms with E-state index in [1.807, 2.05) is 13.8 Å². The molecule has 0 bridgehead atoms. The van der Waals surface area contributed by atoms with Crippen LogP contribution in [-0.2, 0) is 6.42 Å². The molecule has 6 nitrogen and oxygen atoms in total. The molecule has 0 atom stereocenters. The molecule has 2 aliphatic rings. The molecule has 0 unspecified atom stereocenters. The van der Waals surface area contributed by atoms with Crippen LogP contribution in [0.3, 0.4) is 0 Å². The van der Waals surface area contributed by atoms with Crippen LogP contribution in [-0.4, -0.2) is 35.8 Å². The molecule has 1 aromatic rings. The average Bonchev–Trinajstić information content (AvgIpc) is 2.85. The fraction of sp³-hybridized carbons (Fsp3) is 0.667. The Morgan fingerprint density at radius 2 is 1.81 bits per heavy atom. The van der Waals surface area contributed by atoms with Crippen molar-refractivity contribution < 1.29 is 9.59 Å². The summed E-state index contributed by atoms with van der Waals surface area (Å²) in [6.45, 7) is 5.17. The molecule has 0 aromatic carbocycles. The summed E-state index contributed by atoms with van der Waals surface area (Å²) in [5, 5.41) is 6.29. The number of H-pyrrole nitrogens is 1. The lowest BCUT2D eigenvalue weighted by Gasteiger charge is -2.29. The molecule has 1 amide bonds. The van der Waals surface area contributed by atoms with E-state index in [2.05, 4.69) is 15.6 Å². The molecule has 2 aliphatic carbocycles. The standard InChI is InChI=1S/C21H31N3O3/c1-21(2)12-17-15(18(25)13-21)11-16(20(27)24-17)19(26)23-10-9-22-14-7-5-3-4-6-8-14/h11,14,22H,3-10,12-13H2,1-2H3,(H,23,26)(H,24,27). The largest absolute Gasteiger partial charge is 0.351 e. The highest BCUT2D eigenvalue weighted by Gasteiger charge is 2.32. The zero-order valence-electron chi connectivity index (χ0n) is 16.5. The Kier molecular flexibility index (Phi) is 6.15. The Hall–Kier alpha value is -1.95. The Bertz CT molecular complexity index is 758. The van der Waals surface area contributed by atoms with E-state index in [1.165, 1.54) is 44.6 Å². The van der Waals surface area contributed by atoms with Gasteiger partial charge in [-0.05, 0) is 30.7 Å². The fourth-order valence-corrected chi connectivity index (χ4v) is 4.23. The van der Waals surface area contributed by atoms with Gasteiger partial charge >= 0.3 is 0 Å². The number of ketones is 1. The van der Waals surface area contributed by atoms with Gasteiger partial charge in [0.2, 0.25) is 0 Å². The van der Waals surface area contributed by atoms with E-state index in [4.69, 9.17) is 0 Å². The van der Waals surface area contributed by atoms with Crippen LogP contribution < -0.4 is 16.2 Å². The molecule has 1 aromatic heterocycles. The van der Waals surface area contributed by atoms with Crippen LogP contribution in [0.5, 0.6) is 0 Å². The van der Waals surface area contributed by atoms with Gasteiger partial charge in [-0.2, -0.15) is 0 Å². The first-order valence-electron chi connectivity index (χ1n) is 10.2. The first-order chi connectivity index (χ1) is 12.9. The van der Waals surface area contributed by atoms with Crippen LogP contribution in [0.15, 0.2) is 10.9 Å². The SMILES string of the molecule is CC1(C)CC(=O)c2cc(C(=O)NCCNC3CCCCCC3)c(=O)[nH]c2C1. The molecule has 0 radical (unpaired) electrons. The van der Waals surface area contributed by atoms with Gasteiger partial charge in [0.25, 0.3) is 11.5 Å². The van der Waals surface area contributed by atoms with E-state index in [0.29, 0.717) is 43.2 Å². The summed E-state index contributed by atoms with van der Waals surface area (Å²) in [5.41, 5.74) is 0.564. The summed E-state index contributed by atoms with van der Waals surface area (Å²) in [7, 11) is 0. The zero-order valence-corrected chi connectivity index (χ0v) is 16.5. The molecular formula is C21H31N3O3. The van der Waals surface area contributed by atoms with Crippen LogP contribution in [0.2, 0.25) is 0 Å². The number of hydrogen-bond donors (Lipinski definition) is 3. The van der Waals surface area contributed by atoms with E-state index in [0.717, 1.165) is 0 Å². The summed E-state index contributed by atoms with van der Waals surface area (Å²) in [6, 6.07) is 2.00. The van der Waals surface area contributed by atoms with Crippen LogP contribution in [0.1, 0.15) is 85.2 Å². The summed E-state index contributed by atoms with van der Waals surface area (Å²) in [6.07, 6.45) is 8.60. The smallest absolute Gasteiger partial charge is 0.261 e. The number of fused-ring (bicyclic) bond motifs is 1. The Balaban J connectivity index is 1.58. The molecule has 0 saturated heterocycles. The summed E-state index contributed by atoms with van der Waals surface area (Å²) in [5.74, 6) is -0.430. The van der Waals surface area contributed by atoms with Gasteiger partial charge in [-0.25, -0.2) is 0 Å². The summed E-state index contributed by atoms with van der Waals surface area (Å²) in [4.78, 5) is 39.9. The topological polar surface area (TPSA) is 91.1 Å². The second kappa shape index (κ2) is 8.38. The number of nitrogens with one attached hydrogen (secondary N) is 3. The molecule has 1 saturated carbocycles. The minimum absolute atomic E-state index is 0.0124.